The highest BCUT2D eigenvalue weighted by Gasteiger charge is 2.50. The largest absolute Gasteiger partial charge is 0.465 e. The Morgan fingerprint density at radius 1 is 0.943 bits per heavy atom. The molecule has 0 saturated heterocycles. The number of fused-ring (bicyclic) bond motifs is 1. The molecule has 8 nitrogen and oxygen atoms in total. The van der Waals surface area contributed by atoms with Crippen LogP contribution in [-0.2, 0) is 23.8 Å². The normalized spacial score (nSPS) is 18.0. The molecule has 1 aliphatic heterocycles. The molecule has 0 saturated carbocycles. The number of allylic oxidation sites excluding steroid dienone is 1. The Labute approximate surface area is 205 Å². The molecule has 8 heteroatoms. The summed E-state index contributed by atoms with van der Waals surface area (Å²) in [6.07, 6.45) is 0.661. The first-order chi connectivity index (χ1) is 16.3. The van der Waals surface area contributed by atoms with Crippen LogP contribution in [0.4, 0.5) is 0 Å². The van der Waals surface area contributed by atoms with Crippen LogP contribution in [0, 0.1) is 11.3 Å². The Morgan fingerprint density at radius 2 is 1.51 bits per heavy atom. The van der Waals surface area contributed by atoms with E-state index >= 15 is 0 Å². The molecule has 0 bridgehead atoms. The highest BCUT2D eigenvalue weighted by Crippen LogP contribution is 2.41. The minimum Gasteiger partial charge on any atom is -0.465 e. The fourth-order valence-corrected chi connectivity index (χ4v) is 4.82. The van der Waals surface area contributed by atoms with E-state index < -0.39 is 35.0 Å². The van der Waals surface area contributed by atoms with Crippen LogP contribution in [0.25, 0.3) is 0 Å². The van der Waals surface area contributed by atoms with Gasteiger partial charge in [-0.05, 0) is 39.5 Å². The van der Waals surface area contributed by atoms with Gasteiger partial charge in [0.1, 0.15) is 11.5 Å². The molecule has 35 heavy (non-hydrogen) atoms. The molecule has 0 amide bonds. The minimum atomic E-state index is -1.48. The number of nitrogens with one attached hydrogen (secondary N) is 1. The number of hydrogen-bond acceptors (Lipinski definition) is 8. The fourth-order valence-electron chi connectivity index (χ4n) is 4.82. The molecule has 188 valence electrons. The summed E-state index contributed by atoms with van der Waals surface area (Å²) in [6, 6.07) is 6.31. The summed E-state index contributed by atoms with van der Waals surface area (Å²) in [4.78, 5) is 53.4. The number of hydrogen-bond donors (Lipinski definition) is 1. The van der Waals surface area contributed by atoms with Crippen molar-refractivity contribution in [3.05, 3.63) is 58.2 Å². The van der Waals surface area contributed by atoms with Crippen molar-refractivity contribution in [2.24, 2.45) is 11.3 Å². The first-order valence-electron chi connectivity index (χ1n) is 11.8. The number of rotatable bonds is 7. The number of carbonyl (C=O) groups excluding carboxylic acids is 4. The second-order valence-electron chi connectivity index (χ2n) is 10.4. The standard InChI is InChI=1S/C27H33NO7/c1-8-33-24(31)17-18-20(29)15-12-10-11-13-16(15)21(30)22(18)35-23(19(17)25(32)34-9-2)28-27(6,7)14-26(3,4)5/h10-13,17,28H,8-9,14H2,1-7H3. The lowest BCUT2D eigenvalue weighted by molar-refractivity contribution is -0.149. The van der Waals surface area contributed by atoms with Crippen molar-refractivity contribution < 1.29 is 33.4 Å². The van der Waals surface area contributed by atoms with Crippen LogP contribution in [0.5, 0.6) is 0 Å². The van der Waals surface area contributed by atoms with Crippen molar-refractivity contribution >= 4 is 23.5 Å². The van der Waals surface area contributed by atoms with E-state index in [1.54, 1.807) is 26.0 Å². The van der Waals surface area contributed by atoms with Gasteiger partial charge < -0.3 is 19.5 Å². The van der Waals surface area contributed by atoms with Gasteiger partial charge in [0.2, 0.25) is 11.7 Å². The van der Waals surface area contributed by atoms with E-state index in [0.717, 1.165) is 0 Å². The van der Waals surface area contributed by atoms with Crippen molar-refractivity contribution in [2.75, 3.05) is 13.2 Å². The Kier molecular flexibility index (Phi) is 7.24. The molecule has 1 aliphatic carbocycles. The van der Waals surface area contributed by atoms with Gasteiger partial charge in [0.15, 0.2) is 11.5 Å². The number of ketones is 2. The number of esters is 2. The maximum Gasteiger partial charge on any atom is 0.340 e. The molecule has 0 fully saturated rings. The zero-order valence-electron chi connectivity index (χ0n) is 21.4. The molecule has 0 aromatic heterocycles. The maximum atomic E-state index is 13.5. The van der Waals surface area contributed by atoms with Crippen molar-refractivity contribution in [1.29, 1.82) is 0 Å². The molecular weight excluding hydrogens is 450 g/mol. The van der Waals surface area contributed by atoms with E-state index in [1.165, 1.54) is 12.1 Å². The van der Waals surface area contributed by atoms with Crippen LogP contribution in [0.2, 0.25) is 0 Å². The fraction of sp³-hybridized carbons (Fsp3) is 0.481. The molecule has 1 atom stereocenters. The highest BCUT2D eigenvalue weighted by atomic mass is 16.5. The van der Waals surface area contributed by atoms with E-state index in [-0.39, 0.29) is 52.5 Å². The van der Waals surface area contributed by atoms with Gasteiger partial charge >= 0.3 is 11.9 Å². The van der Waals surface area contributed by atoms with Gasteiger partial charge in [-0.15, -0.1) is 0 Å². The van der Waals surface area contributed by atoms with E-state index in [9.17, 15) is 19.2 Å². The minimum absolute atomic E-state index is 0.0198. The van der Waals surface area contributed by atoms with E-state index in [0.29, 0.717) is 6.42 Å². The number of ether oxygens (including phenoxy) is 3. The van der Waals surface area contributed by atoms with E-state index in [4.69, 9.17) is 14.2 Å². The first kappa shape index (κ1) is 26.2. The zero-order valence-corrected chi connectivity index (χ0v) is 21.4. The quantitative estimate of drug-likeness (QED) is 0.578. The average Bonchev–Trinajstić information content (AvgIpc) is 2.74. The third-order valence-electron chi connectivity index (χ3n) is 5.58. The summed E-state index contributed by atoms with van der Waals surface area (Å²) in [5.74, 6) is -4.62. The summed E-state index contributed by atoms with van der Waals surface area (Å²) in [5.41, 5.74) is -0.784. The lowest BCUT2D eigenvalue weighted by atomic mass is 9.77. The van der Waals surface area contributed by atoms with Crippen LogP contribution < -0.4 is 5.32 Å². The van der Waals surface area contributed by atoms with Gasteiger partial charge in [0.25, 0.3) is 0 Å². The Balaban J connectivity index is 2.23. The molecule has 3 rings (SSSR count). The second kappa shape index (κ2) is 9.68. The third kappa shape index (κ3) is 5.31. The summed E-state index contributed by atoms with van der Waals surface area (Å²) in [5, 5.41) is 3.21. The molecule has 1 heterocycles. The lowest BCUT2D eigenvalue weighted by Gasteiger charge is -2.38. The van der Waals surface area contributed by atoms with Gasteiger partial charge in [-0.1, -0.05) is 45.0 Å². The topological polar surface area (TPSA) is 108 Å². The van der Waals surface area contributed by atoms with Crippen molar-refractivity contribution in [1.82, 2.24) is 5.32 Å². The monoisotopic (exact) mass is 483 g/mol. The van der Waals surface area contributed by atoms with Crippen molar-refractivity contribution in [2.45, 2.75) is 60.4 Å². The van der Waals surface area contributed by atoms with E-state index in [1.807, 2.05) is 13.8 Å². The molecule has 1 unspecified atom stereocenters. The smallest absolute Gasteiger partial charge is 0.340 e. The molecule has 0 spiro atoms. The SMILES string of the molecule is CCOC(=O)C1=C(NC(C)(C)CC(C)(C)C)OC2=C(C(=O)c3ccccc3C2=O)C1C(=O)OCC. The van der Waals surface area contributed by atoms with Crippen molar-refractivity contribution in [3.8, 4) is 0 Å². The van der Waals surface area contributed by atoms with Gasteiger partial charge in [0, 0.05) is 16.7 Å². The molecule has 1 N–H and O–H groups in total. The summed E-state index contributed by atoms with van der Waals surface area (Å²) < 4.78 is 16.5. The highest BCUT2D eigenvalue weighted by molar-refractivity contribution is 6.28. The Bertz CT molecular complexity index is 1130. The van der Waals surface area contributed by atoms with Crippen LogP contribution in [0.3, 0.4) is 0 Å². The second-order valence-corrected chi connectivity index (χ2v) is 10.4. The predicted octanol–water partition coefficient (Wildman–Crippen LogP) is 4.11. The maximum absolute atomic E-state index is 13.5. The van der Waals surface area contributed by atoms with Crippen LogP contribution >= 0.6 is 0 Å². The number of benzene rings is 1. The summed E-state index contributed by atoms with van der Waals surface area (Å²) in [6.45, 7) is 13.4. The van der Waals surface area contributed by atoms with E-state index in [2.05, 4.69) is 26.1 Å². The van der Waals surface area contributed by atoms with Crippen LogP contribution in [0.15, 0.2) is 47.1 Å². The summed E-state index contributed by atoms with van der Waals surface area (Å²) in [7, 11) is 0. The van der Waals surface area contributed by atoms with Gasteiger partial charge in [0.05, 0.1) is 18.8 Å². The lowest BCUT2D eigenvalue weighted by Crippen LogP contribution is -2.47. The number of carbonyl (C=O) groups is 4. The van der Waals surface area contributed by atoms with Gasteiger partial charge in [-0.2, -0.15) is 0 Å². The molecule has 2 aliphatic rings. The zero-order chi connectivity index (χ0) is 26.1. The van der Waals surface area contributed by atoms with Crippen LogP contribution in [0.1, 0.15) is 75.6 Å². The molecular formula is C27H33NO7. The third-order valence-corrected chi connectivity index (χ3v) is 5.58. The van der Waals surface area contributed by atoms with Gasteiger partial charge in [-0.25, -0.2) is 4.79 Å². The average molecular weight is 484 g/mol. The van der Waals surface area contributed by atoms with Crippen LogP contribution in [-0.4, -0.2) is 42.3 Å². The molecule has 1 aromatic rings. The molecule has 0 radical (unpaired) electrons. The summed E-state index contributed by atoms with van der Waals surface area (Å²) >= 11 is 0. The molecule has 1 aromatic carbocycles. The number of Topliss-reactive ketones (excluding diaryl/α,β-unsaturated/α-hetero) is 2. The van der Waals surface area contributed by atoms with Crippen molar-refractivity contribution in [3.63, 3.8) is 0 Å². The predicted molar refractivity (Wildman–Crippen MR) is 128 cm³/mol. The Hall–Kier alpha value is -3.42. The van der Waals surface area contributed by atoms with Gasteiger partial charge in [-0.3, -0.25) is 14.4 Å². The Morgan fingerprint density at radius 3 is 2.06 bits per heavy atom. The first-order valence-corrected chi connectivity index (χ1v) is 11.8.